The van der Waals surface area contributed by atoms with Gasteiger partial charge in [-0.25, -0.2) is 0 Å². The quantitative estimate of drug-likeness (QED) is 0.378. The van der Waals surface area contributed by atoms with Crippen LogP contribution in [-0.2, 0) is 4.79 Å². The van der Waals surface area contributed by atoms with Crippen LogP contribution in [0.3, 0.4) is 0 Å². The summed E-state index contributed by atoms with van der Waals surface area (Å²) in [4.78, 5) is 10.3. The van der Waals surface area contributed by atoms with Crippen molar-refractivity contribution in [3.8, 4) is 0 Å². The number of hydrogen-bond acceptors (Lipinski definition) is 3. The molecule has 0 saturated heterocycles. The van der Waals surface area contributed by atoms with E-state index in [1.54, 1.807) is 0 Å². The second-order valence-electron chi connectivity index (χ2n) is 5.99. The molecule has 4 heteroatoms. The van der Waals surface area contributed by atoms with Gasteiger partial charge in [0.05, 0.1) is 6.10 Å². The minimum absolute atomic E-state index is 0.158. The van der Waals surface area contributed by atoms with Crippen molar-refractivity contribution in [2.45, 2.75) is 96.0 Å². The molecule has 0 aliphatic rings. The summed E-state index contributed by atoms with van der Waals surface area (Å²) in [5.74, 6) is -0.700. The monoisotopic (exact) mass is 302 g/mol. The van der Waals surface area contributed by atoms with Gasteiger partial charge in [-0.15, -0.1) is 0 Å². The molecule has 3 N–H and O–H groups in total. The smallest absolute Gasteiger partial charge is 0.303 e. The van der Waals surface area contributed by atoms with Crippen LogP contribution < -0.4 is 0 Å². The number of unbranched alkanes of at least 4 members (excludes halogenated alkanes) is 9. The van der Waals surface area contributed by atoms with Crippen molar-refractivity contribution in [1.82, 2.24) is 0 Å². The topological polar surface area (TPSA) is 77.8 Å². The van der Waals surface area contributed by atoms with Crippen LogP contribution in [-0.4, -0.2) is 34.0 Å². The third-order valence-electron chi connectivity index (χ3n) is 3.87. The van der Waals surface area contributed by atoms with Crippen molar-refractivity contribution < 1.29 is 20.1 Å². The Morgan fingerprint density at radius 1 is 0.714 bits per heavy atom. The molecule has 0 spiro atoms. The summed E-state index contributed by atoms with van der Waals surface area (Å²) in [6.07, 6.45) is 13.6. The van der Waals surface area contributed by atoms with Crippen LogP contribution >= 0.6 is 0 Å². The molecule has 0 aromatic heterocycles. The number of carboxylic acid groups (broad SMARTS) is 1. The zero-order valence-electron chi connectivity index (χ0n) is 13.4. The Bertz CT molecular complexity index is 231. The number of rotatable bonds is 16. The van der Waals surface area contributed by atoms with E-state index in [1.807, 2.05) is 0 Å². The molecule has 0 aromatic carbocycles. The highest BCUT2D eigenvalue weighted by Crippen LogP contribution is 2.14. The van der Waals surface area contributed by atoms with Crippen molar-refractivity contribution in [2.24, 2.45) is 0 Å². The van der Waals surface area contributed by atoms with E-state index in [0.29, 0.717) is 6.61 Å². The number of aliphatic hydroxyl groups excluding tert-OH is 2. The maximum Gasteiger partial charge on any atom is 0.303 e. The van der Waals surface area contributed by atoms with Crippen LogP contribution in [0.4, 0.5) is 0 Å². The molecule has 4 nitrogen and oxygen atoms in total. The number of aliphatic carboxylic acids is 1. The lowest BCUT2D eigenvalue weighted by molar-refractivity contribution is -0.137. The van der Waals surface area contributed by atoms with Crippen molar-refractivity contribution in [3.05, 3.63) is 0 Å². The van der Waals surface area contributed by atoms with E-state index in [-0.39, 0.29) is 12.5 Å². The predicted octanol–water partition coefficient (Wildman–Crippen LogP) is 3.89. The second-order valence-corrected chi connectivity index (χ2v) is 5.99. The number of carbonyl (C=O) groups is 1. The molecule has 126 valence electrons. The van der Waals surface area contributed by atoms with E-state index in [2.05, 4.69) is 0 Å². The molecule has 0 radical (unpaired) electrons. The second kappa shape index (κ2) is 15.8. The fourth-order valence-electron chi connectivity index (χ4n) is 2.53. The molecule has 0 saturated carbocycles. The molecule has 0 aliphatic carbocycles. The Morgan fingerprint density at radius 2 is 1.14 bits per heavy atom. The van der Waals surface area contributed by atoms with E-state index >= 15 is 0 Å². The van der Waals surface area contributed by atoms with Crippen molar-refractivity contribution in [2.75, 3.05) is 6.61 Å². The van der Waals surface area contributed by atoms with Gasteiger partial charge in [-0.2, -0.15) is 0 Å². The van der Waals surface area contributed by atoms with Gasteiger partial charge < -0.3 is 15.3 Å². The van der Waals surface area contributed by atoms with Gasteiger partial charge in [-0.3, -0.25) is 4.79 Å². The molecular weight excluding hydrogens is 268 g/mol. The first kappa shape index (κ1) is 20.4. The number of carboxylic acids is 1. The Hall–Kier alpha value is -0.610. The third kappa shape index (κ3) is 17.3. The molecule has 0 bridgehead atoms. The van der Waals surface area contributed by atoms with Gasteiger partial charge in [-0.1, -0.05) is 57.8 Å². The zero-order valence-corrected chi connectivity index (χ0v) is 13.4. The summed E-state index contributed by atoms with van der Waals surface area (Å²) < 4.78 is 0. The summed E-state index contributed by atoms with van der Waals surface area (Å²) in [6, 6.07) is 0. The van der Waals surface area contributed by atoms with E-state index in [4.69, 9.17) is 10.2 Å². The summed E-state index contributed by atoms with van der Waals surface area (Å²) in [6.45, 7) is 0.291. The van der Waals surface area contributed by atoms with Gasteiger partial charge in [0.25, 0.3) is 0 Å². The van der Waals surface area contributed by atoms with E-state index in [1.165, 1.54) is 0 Å². The average Bonchev–Trinajstić information content (AvgIpc) is 2.45. The normalized spacial score (nSPS) is 12.5. The Balaban J connectivity index is 3.15. The summed E-state index contributed by atoms with van der Waals surface area (Å²) >= 11 is 0. The van der Waals surface area contributed by atoms with Gasteiger partial charge in [0.2, 0.25) is 0 Å². The first-order chi connectivity index (χ1) is 10.2. The summed E-state index contributed by atoms with van der Waals surface area (Å²) in [5.41, 5.74) is 0. The van der Waals surface area contributed by atoms with Gasteiger partial charge in [0, 0.05) is 13.0 Å². The number of hydrogen-bond donors (Lipinski definition) is 3. The first-order valence-corrected chi connectivity index (χ1v) is 8.67. The van der Waals surface area contributed by atoms with E-state index < -0.39 is 5.97 Å². The largest absolute Gasteiger partial charge is 0.481 e. The van der Waals surface area contributed by atoms with Crippen LogP contribution in [0.15, 0.2) is 0 Å². The summed E-state index contributed by atoms with van der Waals surface area (Å²) in [5, 5.41) is 27.0. The predicted molar refractivity (Wildman–Crippen MR) is 85.4 cm³/mol. The van der Waals surface area contributed by atoms with E-state index in [0.717, 1.165) is 83.5 Å². The Labute approximate surface area is 129 Å². The highest BCUT2D eigenvalue weighted by Gasteiger charge is 2.03. The molecule has 1 unspecified atom stereocenters. The van der Waals surface area contributed by atoms with Gasteiger partial charge in [0.1, 0.15) is 0 Å². The lowest BCUT2D eigenvalue weighted by atomic mass is 10.0. The van der Waals surface area contributed by atoms with Crippen molar-refractivity contribution in [1.29, 1.82) is 0 Å². The van der Waals surface area contributed by atoms with Crippen LogP contribution in [0.5, 0.6) is 0 Å². The summed E-state index contributed by atoms with van der Waals surface area (Å²) in [7, 11) is 0. The molecule has 1 atom stereocenters. The molecule has 0 aromatic rings. The molecule has 21 heavy (non-hydrogen) atoms. The Morgan fingerprint density at radius 3 is 1.62 bits per heavy atom. The zero-order chi connectivity index (χ0) is 15.8. The standard InChI is InChI=1S/C17H34O4/c18-15-11-7-3-5-9-13-16(19)12-8-4-1-2-6-10-14-17(20)21/h16,18-19H,1-15H2,(H,20,21). The third-order valence-corrected chi connectivity index (χ3v) is 3.87. The van der Waals surface area contributed by atoms with E-state index in [9.17, 15) is 9.90 Å². The fraction of sp³-hybridized carbons (Fsp3) is 0.941. The molecule has 0 heterocycles. The molecule has 0 rings (SSSR count). The molecule has 0 amide bonds. The van der Waals surface area contributed by atoms with Crippen molar-refractivity contribution >= 4 is 5.97 Å². The molecular formula is C17H34O4. The van der Waals surface area contributed by atoms with Crippen LogP contribution in [0.1, 0.15) is 89.9 Å². The number of aliphatic hydroxyl groups is 2. The highest BCUT2D eigenvalue weighted by atomic mass is 16.4. The molecule has 0 aliphatic heterocycles. The maximum absolute atomic E-state index is 10.3. The first-order valence-electron chi connectivity index (χ1n) is 8.67. The van der Waals surface area contributed by atoms with Gasteiger partial charge in [0.15, 0.2) is 0 Å². The van der Waals surface area contributed by atoms with Crippen LogP contribution in [0, 0.1) is 0 Å². The van der Waals surface area contributed by atoms with Crippen molar-refractivity contribution in [3.63, 3.8) is 0 Å². The maximum atomic E-state index is 10.3. The minimum atomic E-state index is -0.700. The van der Waals surface area contributed by atoms with Crippen LogP contribution in [0.2, 0.25) is 0 Å². The minimum Gasteiger partial charge on any atom is -0.481 e. The lowest BCUT2D eigenvalue weighted by Gasteiger charge is -2.10. The SMILES string of the molecule is O=C(O)CCCCCCCCC(O)CCCCCCCO. The van der Waals surface area contributed by atoms with Gasteiger partial charge in [-0.05, 0) is 25.7 Å². The average molecular weight is 302 g/mol. The van der Waals surface area contributed by atoms with Gasteiger partial charge >= 0.3 is 5.97 Å². The molecule has 0 fully saturated rings. The fourth-order valence-corrected chi connectivity index (χ4v) is 2.53. The lowest BCUT2D eigenvalue weighted by Crippen LogP contribution is -2.05. The highest BCUT2D eigenvalue weighted by molar-refractivity contribution is 5.66. The Kier molecular flexibility index (Phi) is 15.3. The van der Waals surface area contributed by atoms with Crippen LogP contribution in [0.25, 0.3) is 0 Å².